The van der Waals surface area contributed by atoms with Crippen LogP contribution < -0.4 is 20.4 Å². The summed E-state index contributed by atoms with van der Waals surface area (Å²) in [7, 11) is 0. The van der Waals surface area contributed by atoms with E-state index in [-0.39, 0.29) is 62.4 Å². The van der Waals surface area contributed by atoms with Crippen molar-refractivity contribution in [2.24, 2.45) is 0 Å². The summed E-state index contributed by atoms with van der Waals surface area (Å²) in [5.41, 5.74) is 0.481. The Morgan fingerprint density at radius 1 is 0.517 bits per heavy atom. The number of hydrogen-bond acceptors (Lipinski definition) is 4. The second kappa shape index (κ2) is 20.6. The molecule has 0 aromatic heterocycles. The third kappa shape index (κ3) is 16.5. The van der Waals surface area contributed by atoms with E-state index in [2.05, 4.69) is 0 Å². The second-order valence-electron chi connectivity index (χ2n) is 4.85. The van der Waals surface area contributed by atoms with Gasteiger partial charge in [-0.3, -0.25) is 0 Å². The van der Waals surface area contributed by atoms with Gasteiger partial charge in [0, 0.05) is 0 Å². The van der Waals surface area contributed by atoms with E-state index in [4.69, 9.17) is 0 Å². The Kier molecular flexibility index (Phi) is 22.5. The summed E-state index contributed by atoms with van der Waals surface area (Å²) in [6, 6.07) is 20.0. The molecule has 4 nitrogen and oxygen atoms in total. The average Bonchev–Trinajstić information content (AvgIpc) is 3.49. The third-order valence-corrected chi connectivity index (χ3v) is 2.91. The molecular weight excluding hydrogens is 503 g/mol. The number of hydrogen-bond donors (Lipinski definition) is 0. The quantitative estimate of drug-likeness (QED) is 0.293. The summed E-state index contributed by atoms with van der Waals surface area (Å²) in [4.78, 5) is 0. The first-order chi connectivity index (χ1) is 12.6. The molecule has 2 aliphatic rings. The van der Waals surface area contributed by atoms with E-state index in [1.807, 2.05) is 60.7 Å². The van der Waals surface area contributed by atoms with Crippen LogP contribution in [0.25, 0.3) is 0 Å². The fourth-order valence-corrected chi connectivity index (χ4v) is 1.66. The minimum Gasteiger partial charge on any atom is -0.884 e. The molecule has 7 heteroatoms. The van der Waals surface area contributed by atoms with Gasteiger partial charge >= 0.3 is 51.2 Å². The second-order valence-corrected chi connectivity index (χ2v) is 4.85. The van der Waals surface area contributed by atoms with Crippen LogP contribution in [0.15, 0.2) is 132 Å². The largest absolute Gasteiger partial charge is 2.00 e. The van der Waals surface area contributed by atoms with Gasteiger partial charge in [-0.05, 0) is 11.1 Å². The van der Waals surface area contributed by atoms with Gasteiger partial charge in [0.05, 0.1) is 0 Å². The standard InChI is InChI=1S/2C6H6O2.2C5H5.Cu.2Fe/c2*7-6(8)5-3-1-2-4-5;2*1-2-4-5-3-1;;;/h2*1-4,7-8H;2*1-5H;;;/q;;2*-1;3*+2/p-4. The molecule has 0 heterocycles. The van der Waals surface area contributed by atoms with E-state index in [9.17, 15) is 20.4 Å². The van der Waals surface area contributed by atoms with Crippen LogP contribution in [-0.4, -0.2) is 0 Å². The first-order valence-corrected chi connectivity index (χ1v) is 7.80. The van der Waals surface area contributed by atoms with Crippen molar-refractivity contribution in [3.63, 3.8) is 0 Å². The third-order valence-electron chi connectivity index (χ3n) is 2.91. The summed E-state index contributed by atoms with van der Waals surface area (Å²) < 4.78 is 0. The first kappa shape index (κ1) is 31.6. The maximum atomic E-state index is 9.95. The molecule has 2 aliphatic carbocycles. The van der Waals surface area contributed by atoms with Crippen molar-refractivity contribution in [2.45, 2.75) is 0 Å². The predicted octanol–water partition coefficient (Wildman–Crippen LogP) is 0.893. The fraction of sp³-hybridized carbons (Fsp3) is 0. The SMILES string of the molecule is [Cu+2].[Fe+2].[Fe+2].[O-]C([O-])=C1C=CC=C1.[O-]C([O-])=C1C=CC=C1.c1cc[cH-]c1.c1cc[cH-]c1. The zero-order chi connectivity index (χ0) is 19.0. The molecule has 0 bridgehead atoms. The van der Waals surface area contributed by atoms with Gasteiger partial charge in [-0.25, -0.2) is 24.3 Å². The van der Waals surface area contributed by atoms with Gasteiger partial charge in [-0.1, -0.05) is 48.6 Å². The Morgan fingerprint density at radius 2 is 0.759 bits per heavy atom. The Labute approximate surface area is 203 Å². The van der Waals surface area contributed by atoms with Gasteiger partial charge < -0.3 is 20.4 Å². The van der Waals surface area contributed by atoms with Gasteiger partial charge in [-0.2, -0.15) is 48.3 Å². The van der Waals surface area contributed by atoms with Crippen LogP contribution in [0.3, 0.4) is 0 Å². The summed E-state index contributed by atoms with van der Waals surface area (Å²) in [6.45, 7) is 0. The zero-order valence-electron chi connectivity index (χ0n) is 15.0. The van der Waals surface area contributed by atoms with Crippen LogP contribution in [0.2, 0.25) is 0 Å². The van der Waals surface area contributed by atoms with Crippen LogP contribution in [0, 0.1) is 0 Å². The van der Waals surface area contributed by atoms with Crippen molar-refractivity contribution >= 4 is 0 Å². The summed E-state index contributed by atoms with van der Waals surface area (Å²) in [5.74, 6) is -2.23. The molecule has 157 valence electrons. The monoisotopic (exact) mass is 521 g/mol. The van der Waals surface area contributed by atoms with E-state index in [1.54, 1.807) is 24.3 Å². The maximum Gasteiger partial charge on any atom is 2.00 e. The molecular formula is C22H18CuFe2O4. The molecule has 4 rings (SSSR count). The van der Waals surface area contributed by atoms with Crippen molar-refractivity contribution in [2.75, 3.05) is 0 Å². The predicted molar refractivity (Wildman–Crippen MR) is 94.7 cm³/mol. The topological polar surface area (TPSA) is 92.2 Å². The van der Waals surface area contributed by atoms with Crippen molar-refractivity contribution in [1.82, 2.24) is 0 Å². The van der Waals surface area contributed by atoms with Crippen LogP contribution in [-0.2, 0) is 51.2 Å². The molecule has 0 atom stereocenters. The van der Waals surface area contributed by atoms with Gasteiger partial charge in [-0.15, -0.1) is 0 Å². The molecule has 1 radical (unpaired) electrons. The summed E-state index contributed by atoms with van der Waals surface area (Å²) in [6.07, 6.45) is 12.6. The van der Waals surface area contributed by atoms with Crippen LogP contribution >= 0.6 is 0 Å². The first-order valence-electron chi connectivity index (χ1n) is 7.80. The minimum absolute atomic E-state index is 0. The van der Waals surface area contributed by atoms with Crippen molar-refractivity contribution in [3.8, 4) is 0 Å². The molecule has 0 amide bonds. The van der Waals surface area contributed by atoms with Gasteiger partial charge in [0.15, 0.2) is 0 Å². The Bertz CT molecular complexity index is 646. The van der Waals surface area contributed by atoms with Crippen molar-refractivity contribution in [3.05, 3.63) is 132 Å². The molecule has 0 aliphatic heterocycles. The molecule has 2 aromatic rings. The Balaban J connectivity index is -0.000000306. The van der Waals surface area contributed by atoms with Crippen molar-refractivity contribution in [1.29, 1.82) is 0 Å². The van der Waals surface area contributed by atoms with Gasteiger partial charge in [0.2, 0.25) is 0 Å². The Hall–Kier alpha value is -2.10. The van der Waals surface area contributed by atoms with E-state index < -0.39 is 11.9 Å². The van der Waals surface area contributed by atoms with Crippen LogP contribution in [0.5, 0.6) is 0 Å². The van der Waals surface area contributed by atoms with E-state index in [1.165, 1.54) is 24.3 Å². The summed E-state index contributed by atoms with van der Waals surface area (Å²) >= 11 is 0. The molecule has 0 saturated heterocycles. The van der Waals surface area contributed by atoms with E-state index in [0.717, 1.165) is 0 Å². The van der Waals surface area contributed by atoms with Crippen molar-refractivity contribution < 1.29 is 71.6 Å². The molecule has 0 fully saturated rings. The van der Waals surface area contributed by atoms with Crippen LogP contribution in [0.1, 0.15) is 0 Å². The normalized spacial score (nSPS) is 11.2. The number of allylic oxidation sites excluding steroid dienone is 10. The zero-order valence-corrected chi connectivity index (χ0v) is 18.2. The van der Waals surface area contributed by atoms with E-state index in [0.29, 0.717) is 0 Å². The number of rotatable bonds is 0. The van der Waals surface area contributed by atoms with E-state index >= 15 is 0 Å². The minimum atomic E-state index is -1.12. The molecule has 2 aromatic carbocycles. The van der Waals surface area contributed by atoms with Gasteiger partial charge in [0.1, 0.15) is 0 Å². The maximum absolute atomic E-state index is 9.95. The molecule has 0 unspecified atom stereocenters. The summed E-state index contributed by atoms with van der Waals surface area (Å²) in [5, 5.41) is 39.8. The molecule has 0 spiro atoms. The molecule has 0 saturated carbocycles. The average molecular weight is 522 g/mol. The van der Waals surface area contributed by atoms with Gasteiger partial charge in [0.25, 0.3) is 0 Å². The Morgan fingerprint density at radius 3 is 0.862 bits per heavy atom. The molecule has 29 heavy (non-hydrogen) atoms. The fourth-order valence-electron chi connectivity index (χ4n) is 1.66. The van der Waals surface area contributed by atoms with Crippen LogP contribution in [0.4, 0.5) is 0 Å². The molecule has 0 N–H and O–H groups in total. The smallest absolute Gasteiger partial charge is 0.884 e.